The standard InChI is InChI=1S/C22H21ClFN3O3/c23-17-12-16(6-7-18(17)24)27-20(28)13-19(22(27)30)26-10-8-14(9-11-26)21(29)25-15-4-2-1-3-5-15/h1-7,12,14,19H,8-11,13H2,(H,25,29)/t19-/m0/s1. The summed E-state index contributed by atoms with van der Waals surface area (Å²) in [6.45, 7) is 1.10. The molecule has 2 saturated heterocycles. The number of nitrogens with zero attached hydrogens (tertiary/aromatic N) is 2. The van der Waals surface area contributed by atoms with Crippen molar-refractivity contribution in [3.8, 4) is 0 Å². The van der Waals surface area contributed by atoms with Gasteiger partial charge in [-0.15, -0.1) is 0 Å². The maximum atomic E-state index is 13.4. The first-order chi connectivity index (χ1) is 14.4. The highest BCUT2D eigenvalue weighted by Gasteiger charge is 2.44. The maximum absolute atomic E-state index is 13.4. The molecule has 6 nitrogen and oxygen atoms in total. The van der Waals surface area contributed by atoms with Crippen molar-refractivity contribution >= 4 is 40.7 Å². The van der Waals surface area contributed by atoms with Crippen molar-refractivity contribution in [2.75, 3.05) is 23.3 Å². The SMILES string of the molecule is O=C(Nc1ccccc1)C1CCN([C@H]2CC(=O)N(c3ccc(F)c(Cl)c3)C2=O)CC1. The minimum absolute atomic E-state index is 0.0303. The van der Waals surface area contributed by atoms with Crippen LogP contribution in [0, 0.1) is 11.7 Å². The highest BCUT2D eigenvalue weighted by Crippen LogP contribution is 2.31. The molecule has 2 aromatic carbocycles. The lowest BCUT2D eigenvalue weighted by molar-refractivity contribution is -0.123. The third-order valence-electron chi connectivity index (χ3n) is 5.67. The third kappa shape index (κ3) is 4.08. The fourth-order valence-electron chi connectivity index (χ4n) is 4.04. The van der Waals surface area contributed by atoms with Crippen LogP contribution in [0.2, 0.25) is 5.02 Å². The monoisotopic (exact) mass is 429 g/mol. The predicted molar refractivity (Wildman–Crippen MR) is 112 cm³/mol. The van der Waals surface area contributed by atoms with Gasteiger partial charge in [0.25, 0.3) is 5.91 Å². The van der Waals surface area contributed by atoms with Gasteiger partial charge in [-0.1, -0.05) is 29.8 Å². The Morgan fingerprint density at radius 1 is 1.07 bits per heavy atom. The summed E-state index contributed by atoms with van der Waals surface area (Å²) in [5, 5.41) is 2.78. The summed E-state index contributed by atoms with van der Waals surface area (Å²) in [5.74, 6) is -1.45. The molecule has 0 radical (unpaired) electrons. The van der Waals surface area contributed by atoms with Crippen molar-refractivity contribution in [3.63, 3.8) is 0 Å². The molecule has 2 heterocycles. The van der Waals surface area contributed by atoms with E-state index in [1.54, 1.807) is 0 Å². The highest BCUT2D eigenvalue weighted by molar-refractivity contribution is 6.31. The van der Waals surface area contributed by atoms with Crippen molar-refractivity contribution in [1.29, 1.82) is 0 Å². The first-order valence-electron chi connectivity index (χ1n) is 9.86. The smallest absolute Gasteiger partial charge is 0.251 e. The van der Waals surface area contributed by atoms with E-state index in [-0.39, 0.29) is 40.8 Å². The zero-order valence-electron chi connectivity index (χ0n) is 16.2. The molecular weight excluding hydrogens is 409 g/mol. The Labute approximate surface area is 178 Å². The van der Waals surface area contributed by atoms with E-state index in [0.717, 1.165) is 16.7 Å². The lowest BCUT2D eigenvalue weighted by Crippen LogP contribution is -2.47. The number of nitrogens with one attached hydrogen (secondary N) is 1. The molecule has 2 aliphatic rings. The molecule has 30 heavy (non-hydrogen) atoms. The van der Waals surface area contributed by atoms with E-state index in [1.165, 1.54) is 12.1 Å². The number of piperidine rings is 1. The Bertz CT molecular complexity index is 977. The molecule has 0 aliphatic carbocycles. The topological polar surface area (TPSA) is 69.7 Å². The molecule has 0 bridgehead atoms. The fourth-order valence-corrected chi connectivity index (χ4v) is 4.21. The van der Waals surface area contributed by atoms with E-state index in [4.69, 9.17) is 11.6 Å². The predicted octanol–water partition coefficient (Wildman–Crippen LogP) is 3.46. The van der Waals surface area contributed by atoms with Gasteiger partial charge in [-0.3, -0.25) is 19.3 Å². The Kier molecular flexibility index (Phi) is 5.83. The van der Waals surface area contributed by atoms with Crippen LogP contribution in [0.1, 0.15) is 19.3 Å². The number of imide groups is 1. The molecule has 8 heteroatoms. The zero-order chi connectivity index (χ0) is 21.3. The lowest BCUT2D eigenvalue weighted by atomic mass is 9.94. The summed E-state index contributed by atoms with van der Waals surface area (Å²) in [6, 6.07) is 12.5. The van der Waals surface area contributed by atoms with Gasteiger partial charge in [0.2, 0.25) is 11.8 Å². The lowest BCUT2D eigenvalue weighted by Gasteiger charge is -2.34. The third-order valence-corrected chi connectivity index (χ3v) is 5.96. The molecule has 1 N–H and O–H groups in total. The van der Waals surface area contributed by atoms with Crippen LogP contribution in [-0.4, -0.2) is 41.8 Å². The average Bonchev–Trinajstić information content (AvgIpc) is 3.05. The highest BCUT2D eigenvalue weighted by atomic mass is 35.5. The minimum atomic E-state index is -0.605. The number of anilines is 2. The second kappa shape index (κ2) is 8.53. The van der Waals surface area contributed by atoms with Crippen molar-refractivity contribution in [1.82, 2.24) is 4.90 Å². The number of hydrogen-bond acceptors (Lipinski definition) is 4. The Hall–Kier alpha value is -2.77. The molecule has 2 fully saturated rings. The molecule has 4 rings (SSSR count). The quantitative estimate of drug-likeness (QED) is 0.756. The summed E-state index contributed by atoms with van der Waals surface area (Å²) < 4.78 is 13.4. The van der Waals surface area contributed by atoms with Gasteiger partial charge in [0.15, 0.2) is 0 Å². The van der Waals surface area contributed by atoms with Crippen LogP contribution in [0.3, 0.4) is 0 Å². The summed E-state index contributed by atoms with van der Waals surface area (Å²) in [4.78, 5) is 40.9. The van der Waals surface area contributed by atoms with Crippen LogP contribution in [0.5, 0.6) is 0 Å². The van der Waals surface area contributed by atoms with Gasteiger partial charge in [0, 0.05) is 11.6 Å². The van der Waals surface area contributed by atoms with Crippen LogP contribution >= 0.6 is 11.6 Å². The van der Waals surface area contributed by atoms with E-state index in [1.807, 2.05) is 35.2 Å². The number of likely N-dealkylation sites (tertiary alicyclic amines) is 1. The van der Waals surface area contributed by atoms with Crippen LogP contribution in [0.15, 0.2) is 48.5 Å². The molecule has 156 valence electrons. The van der Waals surface area contributed by atoms with Crippen LogP contribution in [0.4, 0.5) is 15.8 Å². The number of rotatable bonds is 4. The number of carbonyl (C=O) groups excluding carboxylic acids is 3. The van der Waals surface area contributed by atoms with Gasteiger partial charge in [0.05, 0.1) is 23.2 Å². The molecule has 0 aromatic heterocycles. The number of para-hydroxylation sites is 1. The number of hydrogen-bond donors (Lipinski definition) is 1. The zero-order valence-corrected chi connectivity index (χ0v) is 16.9. The van der Waals surface area contributed by atoms with Gasteiger partial charge in [-0.2, -0.15) is 0 Å². The molecule has 0 spiro atoms. The van der Waals surface area contributed by atoms with Crippen LogP contribution in [-0.2, 0) is 14.4 Å². The van der Waals surface area contributed by atoms with Gasteiger partial charge in [-0.05, 0) is 56.3 Å². The summed E-state index contributed by atoms with van der Waals surface area (Å²) in [7, 11) is 0. The largest absolute Gasteiger partial charge is 0.326 e. The number of amides is 3. The van der Waals surface area contributed by atoms with E-state index in [9.17, 15) is 18.8 Å². The first-order valence-corrected chi connectivity index (χ1v) is 10.2. The van der Waals surface area contributed by atoms with Gasteiger partial charge >= 0.3 is 0 Å². The Balaban J connectivity index is 1.38. The summed E-state index contributed by atoms with van der Waals surface area (Å²) >= 11 is 5.80. The van der Waals surface area contributed by atoms with Crippen LogP contribution < -0.4 is 10.2 Å². The molecule has 0 saturated carbocycles. The molecule has 0 unspecified atom stereocenters. The Morgan fingerprint density at radius 2 is 1.77 bits per heavy atom. The number of carbonyl (C=O) groups is 3. The van der Waals surface area contributed by atoms with E-state index in [0.29, 0.717) is 25.9 Å². The molecule has 2 aromatic rings. The minimum Gasteiger partial charge on any atom is -0.326 e. The Morgan fingerprint density at radius 3 is 2.43 bits per heavy atom. The summed E-state index contributed by atoms with van der Waals surface area (Å²) in [5.41, 5.74) is 1.03. The summed E-state index contributed by atoms with van der Waals surface area (Å²) in [6.07, 6.45) is 1.28. The average molecular weight is 430 g/mol. The van der Waals surface area contributed by atoms with E-state index in [2.05, 4.69) is 5.32 Å². The second-order valence-corrected chi connectivity index (χ2v) is 7.96. The number of benzene rings is 2. The molecule has 1 atom stereocenters. The van der Waals surface area contributed by atoms with E-state index >= 15 is 0 Å². The second-order valence-electron chi connectivity index (χ2n) is 7.55. The maximum Gasteiger partial charge on any atom is 0.251 e. The first kappa shape index (κ1) is 20.5. The normalized spacial score (nSPS) is 20.6. The van der Waals surface area contributed by atoms with E-state index < -0.39 is 11.9 Å². The molecular formula is C22H21ClFN3O3. The van der Waals surface area contributed by atoms with Gasteiger partial charge in [0.1, 0.15) is 5.82 Å². The van der Waals surface area contributed by atoms with Crippen molar-refractivity contribution in [2.45, 2.75) is 25.3 Å². The number of halogens is 2. The van der Waals surface area contributed by atoms with Crippen LogP contribution in [0.25, 0.3) is 0 Å². The van der Waals surface area contributed by atoms with Gasteiger partial charge < -0.3 is 5.32 Å². The van der Waals surface area contributed by atoms with Crippen molar-refractivity contribution < 1.29 is 18.8 Å². The molecule has 2 aliphatic heterocycles. The fraction of sp³-hybridized carbons (Fsp3) is 0.318. The molecule has 3 amide bonds. The van der Waals surface area contributed by atoms with Gasteiger partial charge in [-0.25, -0.2) is 9.29 Å². The van der Waals surface area contributed by atoms with Crippen molar-refractivity contribution in [3.05, 3.63) is 59.4 Å². The van der Waals surface area contributed by atoms with Crippen molar-refractivity contribution in [2.24, 2.45) is 5.92 Å².